The molecule has 0 N–H and O–H groups in total. The summed E-state index contributed by atoms with van der Waals surface area (Å²) in [6.07, 6.45) is 3.40. The Hall–Kier alpha value is -1.07. The molecule has 3 heterocycles. The number of aromatic nitrogens is 2. The van der Waals surface area contributed by atoms with Gasteiger partial charge >= 0.3 is 0 Å². The molecule has 0 bridgehead atoms. The quantitative estimate of drug-likeness (QED) is 0.785. The Morgan fingerprint density at radius 3 is 3.06 bits per heavy atom. The summed E-state index contributed by atoms with van der Waals surface area (Å²) in [5.74, 6) is 0.803. The fraction of sp³-hybridized carbons (Fsp3) is 0.769. The van der Waals surface area contributed by atoms with Crippen molar-refractivity contribution >= 4 is 0 Å². The highest BCUT2D eigenvalue weighted by molar-refractivity contribution is 5.32. The molecule has 1 saturated heterocycles. The molecule has 1 fully saturated rings. The summed E-state index contributed by atoms with van der Waals surface area (Å²) in [6.45, 7) is 3.90. The molecule has 1 unspecified atom stereocenters. The van der Waals surface area contributed by atoms with E-state index in [4.69, 9.17) is 9.47 Å². The van der Waals surface area contributed by atoms with Crippen molar-refractivity contribution in [1.82, 2.24) is 14.7 Å². The summed E-state index contributed by atoms with van der Waals surface area (Å²) in [5.41, 5.74) is 2.60. The Kier molecular flexibility index (Phi) is 3.26. The van der Waals surface area contributed by atoms with Crippen molar-refractivity contribution in [3.05, 3.63) is 11.3 Å². The highest BCUT2D eigenvalue weighted by Crippen LogP contribution is 2.28. The smallest absolute Gasteiger partial charge is 0.236 e. The number of methoxy groups -OCH3 is 1. The second-order valence-corrected chi connectivity index (χ2v) is 5.15. The van der Waals surface area contributed by atoms with E-state index in [1.54, 1.807) is 7.11 Å². The molecule has 2 aliphatic rings. The summed E-state index contributed by atoms with van der Waals surface area (Å²) in [5, 5.41) is 4.45. The maximum absolute atomic E-state index is 5.51. The molecule has 1 aromatic rings. The van der Waals surface area contributed by atoms with Gasteiger partial charge in [0.15, 0.2) is 0 Å². The lowest BCUT2D eigenvalue weighted by atomic mass is 10.1. The molecule has 0 aromatic carbocycles. The van der Waals surface area contributed by atoms with Crippen LogP contribution >= 0.6 is 0 Å². The van der Waals surface area contributed by atoms with Gasteiger partial charge in [0.1, 0.15) is 0 Å². The van der Waals surface area contributed by atoms with Gasteiger partial charge in [-0.2, -0.15) is 0 Å². The zero-order chi connectivity index (χ0) is 12.5. The van der Waals surface area contributed by atoms with Crippen LogP contribution in [-0.4, -0.2) is 47.6 Å². The second kappa shape index (κ2) is 4.90. The van der Waals surface area contributed by atoms with E-state index < -0.39 is 0 Å². The number of nitrogens with zero attached hydrogens (tertiary/aromatic N) is 3. The van der Waals surface area contributed by atoms with E-state index in [1.165, 1.54) is 17.7 Å². The minimum atomic E-state index is 0.580. The number of aryl methyl sites for hydroxylation is 1. The zero-order valence-electron chi connectivity index (χ0n) is 11.2. The molecule has 18 heavy (non-hydrogen) atoms. The molecule has 0 spiro atoms. The Balaban J connectivity index is 1.85. The third kappa shape index (κ3) is 2.01. The van der Waals surface area contributed by atoms with Gasteiger partial charge in [-0.25, -0.2) is 0 Å². The highest BCUT2D eigenvalue weighted by Gasteiger charge is 2.28. The van der Waals surface area contributed by atoms with Crippen molar-refractivity contribution in [1.29, 1.82) is 0 Å². The van der Waals surface area contributed by atoms with E-state index in [9.17, 15) is 0 Å². The Labute approximate surface area is 108 Å². The molecular weight excluding hydrogens is 230 g/mol. The van der Waals surface area contributed by atoms with Crippen molar-refractivity contribution in [2.45, 2.75) is 31.8 Å². The van der Waals surface area contributed by atoms with Gasteiger partial charge in [0.05, 0.1) is 19.4 Å². The topological polar surface area (TPSA) is 39.5 Å². The van der Waals surface area contributed by atoms with E-state index in [2.05, 4.69) is 10.00 Å². The van der Waals surface area contributed by atoms with Crippen LogP contribution in [0.15, 0.2) is 0 Å². The zero-order valence-corrected chi connectivity index (χ0v) is 11.2. The van der Waals surface area contributed by atoms with Crippen molar-refractivity contribution in [3.63, 3.8) is 0 Å². The third-order valence-electron chi connectivity index (χ3n) is 4.08. The maximum atomic E-state index is 5.51. The summed E-state index contributed by atoms with van der Waals surface area (Å²) >= 11 is 0. The summed E-state index contributed by atoms with van der Waals surface area (Å²) in [7, 11) is 3.71. The van der Waals surface area contributed by atoms with Crippen LogP contribution in [0.1, 0.15) is 24.1 Å². The summed E-state index contributed by atoms with van der Waals surface area (Å²) in [6, 6.07) is 0.580. The molecule has 0 aliphatic carbocycles. The predicted molar refractivity (Wildman–Crippen MR) is 67.7 cm³/mol. The Morgan fingerprint density at radius 2 is 2.33 bits per heavy atom. The molecule has 5 nitrogen and oxygen atoms in total. The highest BCUT2D eigenvalue weighted by atomic mass is 16.5. The maximum Gasteiger partial charge on any atom is 0.236 e. The van der Waals surface area contributed by atoms with E-state index in [0.717, 1.165) is 45.0 Å². The standard InChI is InChI=1S/C13H21N3O2/c1-15-12-8-16(10-5-7-18-9-10)6-3-4-11(12)13(14-15)17-2/h10H,3-9H2,1-2H3. The first-order valence-electron chi connectivity index (χ1n) is 6.70. The van der Waals surface area contributed by atoms with Crippen molar-refractivity contribution in [2.24, 2.45) is 7.05 Å². The van der Waals surface area contributed by atoms with E-state index in [0.29, 0.717) is 6.04 Å². The third-order valence-corrected chi connectivity index (χ3v) is 4.08. The minimum absolute atomic E-state index is 0.580. The van der Waals surface area contributed by atoms with Gasteiger partial charge in [-0.15, -0.1) is 5.10 Å². The number of rotatable bonds is 2. The lowest BCUT2D eigenvalue weighted by Crippen LogP contribution is -2.35. The lowest BCUT2D eigenvalue weighted by molar-refractivity contribution is 0.138. The molecule has 0 radical (unpaired) electrons. The number of hydrogen-bond acceptors (Lipinski definition) is 4. The molecular formula is C13H21N3O2. The Bertz CT molecular complexity index is 424. The summed E-state index contributed by atoms with van der Waals surface area (Å²) < 4.78 is 12.9. The average Bonchev–Trinajstić information content (AvgIpc) is 2.93. The number of fused-ring (bicyclic) bond motifs is 1. The van der Waals surface area contributed by atoms with Crippen LogP contribution in [-0.2, 0) is 24.8 Å². The SMILES string of the molecule is COc1nn(C)c2c1CCCN(C1CCOC1)C2. The molecule has 0 amide bonds. The van der Waals surface area contributed by atoms with Crippen LogP contribution < -0.4 is 4.74 Å². The van der Waals surface area contributed by atoms with Gasteiger partial charge in [-0.3, -0.25) is 9.58 Å². The molecule has 100 valence electrons. The van der Waals surface area contributed by atoms with Crippen LogP contribution in [0.2, 0.25) is 0 Å². The van der Waals surface area contributed by atoms with E-state index >= 15 is 0 Å². The van der Waals surface area contributed by atoms with Gasteiger partial charge in [-0.1, -0.05) is 0 Å². The average molecular weight is 251 g/mol. The van der Waals surface area contributed by atoms with Crippen molar-refractivity contribution in [2.75, 3.05) is 26.9 Å². The van der Waals surface area contributed by atoms with Crippen LogP contribution in [0, 0.1) is 0 Å². The van der Waals surface area contributed by atoms with Gasteiger partial charge in [-0.05, 0) is 25.8 Å². The van der Waals surface area contributed by atoms with Gasteiger partial charge in [0.25, 0.3) is 0 Å². The molecule has 1 aromatic heterocycles. The largest absolute Gasteiger partial charge is 0.480 e. The van der Waals surface area contributed by atoms with Crippen LogP contribution in [0.25, 0.3) is 0 Å². The first-order chi connectivity index (χ1) is 8.79. The Morgan fingerprint density at radius 1 is 1.44 bits per heavy atom. The molecule has 1 atom stereocenters. The normalized spacial score (nSPS) is 24.9. The van der Waals surface area contributed by atoms with Gasteiger partial charge in [0.2, 0.25) is 5.88 Å². The van der Waals surface area contributed by atoms with Crippen LogP contribution in [0.3, 0.4) is 0 Å². The van der Waals surface area contributed by atoms with Crippen LogP contribution in [0.5, 0.6) is 5.88 Å². The lowest BCUT2D eigenvalue weighted by Gasteiger charge is -2.26. The number of ether oxygens (including phenoxy) is 2. The predicted octanol–water partition coefficient (Wildman–Crippen LogP) is 0.966. The first-order valence-corrected chi connectivity index (χ1v) is 6.70. The monoisotopic (exact) mass is 251 g/mol. The second-order valence-electron chi connectivity index (χ2n) is 5.15. The van der Waals surface area contributed by atoms with Gasteiger partial charge < -0.3 is 9.47 Å². The van der Waals surface area contributed by atoms with Crippen molar-refractivity contribution in [3.8, 4) is 5.88 Å². The molecule has 2 aliphatic heterocycles. The first kappa shape index (κ1) is 12.0. The minimum Gasteiger partial charge on any atom is -0.480 e. The summed E-state index contributed by atoms with van der Waals surface area (Å²) in [4.78, 5) is 2.54. The fourth-order valence-electron chi connectivity index (χ4n) is 3.04. The van der Waals surface area contributed by atoms with Gasteiger partial charge in [0, 0.05) is 31.8 Å². The molecule has 5 heteroatoms. The fourth-order valence-corrected chi connectivity index (χ4v) is 3.04. The van der Waals surface area contributed by atoms with Crippen LogP contribution in [0.4, 0.5) is 0 Å². The van der Waals surface area contributed by atoms with E-state index in [1.807, 2.05) is 11.7 Å². The number of hydrogen-bond donors (Lipinski definition) is 0. The van der Waals surface area contributed by atoms with E-state index in [-0.39, 0.29) is 0 Å². The molecule has 0 saturated carbocycles. The molecule has 3 rings (SSSR count). The van der Waals surface area contributed by atoms with Crippen molar-refractivity contribution < 1.29 is 9.47 Å².